The van der Waals surface area contributed by atoms with Gasteiger partial charge in [-0.3, -0.25) is 0 Å². The van der Waals surface area contributed by atoms with Gasteiger partial charge in [0.15, 0.2) is 0 Å². The van der Waals surface area contributed by atoms with Crippen molar-refractivity contribution >= 4 is 16.7 Å². The van der Waals surface area contributed by atoms with Crippen LogP contribution in [0.25, 0.3) is 10.9 Å². The molecule has 4 nitrogen and oxygen atoms in total. The van der Waals surface area contributed by atoms with E-state index in [-0.39, 0.29) is 0 Å². The zero-order chi connectivity index (χ0) is 13.2. The normalized spacial score (nSPS) is 27.4. The number of hydrogen-bond donors (Lipinski definition) is 1. The Morgan fingerprint density at radius 1 is 1.11 bits per heavy atom. The first-order chi connectivity index (χ1) is 9.22. The maximum Gasteiger partial charge on any atom is 0.137 e. The predicted molar refractivity (Wildman–Crippen MR) is 76.2 cm³/mol. The highest BCUT2D eigenvalue weighted by Crippen LogP contribution is 2.25. The van der Waals surface area contributed by atoms with Crippen molar-refractivity contribution in [2.45, 2.75) is 44.9 Å². The molecule has 1 aromatic heterocycles. The Hall–Kier alpha value is -1.68. The third-order valence-corrected chi connectivity index (χ3v) is 3.58. The molecule has 1 aromatic carbocycles. The minimum Gasteiger partial charge on any atom is -0.375 e. The lowest BCUT2D eigenvalue weighted by molar-refractivity contribution is -0.0338. The summed E-state index contributed by atoms with van der Waals surface area (Å²) in [5.41, 5.74) is 0.980. The van der Waals surface area contributed by atoms with E-state index in [4.69, 9.17) is 4.74 Å². The number of aromatic nitrogens is 2. The Bertz CT molecular complexity index is 557. The lowest BCUT2D eigenvalue weighted by Gasteiger charge is -2.33. The van der Waals surface area contributed by atoms with Crippen LogP contribution in [0.1, 0.15) is 26.7 Å². The van der Waals surface area contributed by atoms with Crippen LogP contribution in [0.5, 0.6) is 0 Å². The number of benzene rings is 1. The van der Waals surface area contributed by atoms with Crippen LogP contribution in [0.4, 0.5) is 5.82 Å². The number of nitrogens with zero attached hydrogens (tertiary/aromatic N) is 2. The minimum absolute atomic E-state index is 0.300. The van der Waals surface area contributed by atoms with Gasteiger partial charge in [0.05, 0.1) is 17.7 Å². The van der Waals surface area contributed by atoms with Crippen molar-refractivity contribution in [1.29, 1.82) is 0 Å². The molecule has 1 fully saturated rings. The molecule has 1 saturated heterocycles. The van der Waals surface area contributed by atoms with Crippen molar-refractivity contribution < 1.29 is 4.74 Å². The number of ether oxygens (including phenoxy) is 1. The van der Waals surface area contributed by atoms with Crippen LogP contribution in [0.15, 0.2) is 30.6 Å². The number of para-hydroxylation sites is 1. The molecule has 1 N–H and O–H groups in total. The Balaban J connectivity index is 1.85. The molecule has 4 heteroatoms. The van der Waals surface area contributed by atoms with Crippen molar-refractivity contribution in [2.24, 2.45) is 0 Å². The van der Waals surface area contributed by atoms with Gasteiger partial charge in [-0.15, -0.1) is 0 Å². The highest BCUT2D eigenvalue weighted by molar-refractivity contribution is 5.88. The van der Waals surface area contributed by atoms with Crippen LogP contribution in [0.3, 0.4) is 0 Å². The van der Waals surface area contributed by atoms with Gasteiger partial charge >= 0.3 is 0 Å². The van der Waals surface area contributed by atoms with Crippen LogP contribution in [0, 0.1) is 0 Å². The summed E-state index contributed by atoms with van der Waals surface area (Å²) in [6, 6.07) is 8.50. The molecule has 0 bridgehead atoms. The second-order valence-electron chi connectivity index (χ2n) is 5.31. The zero-order valence-corrected chi connectivity index (χ0v) is 11.3. The fourth-order valence-corrected chi connectivity index (χ4v) is 2.84. The second-order valence-corrected chi connectivity index (χ2v) is 5.31. The molecule has 0 spiro atoms. The van der Waals surface area contributed by atoms with Crippen molar-refractivity contribution in [3.8, 4) is 0 Å². The summed E-state index contributed by atoms with van der Waals surface area (Å²) in [7, 11) is 0. The summed E-state index contributed by atoms with van der Waals surface area (Å²) in [5, 5.41) is 4.63. The molecule has 0 radical (unpaired) electrons. The third kappa shape index (κ3) is 2.68. The molecule has 1 aliphatic rings. The van der Waals surface area contributed by atoms with Crippen LogP contribution in [-0.4, -0.2) is 28.2 Å². The van der Waals surface area contributed by atoms with Gasteiger partial charge in [0.1, 0.15) is 12.1 Å². The molecule has 2 atom stereocenters. The van der Waals surface area contributed by atoms with Gasteiger partial charge < -0.3 is 10.1 Å². The molecular weight excluding hydrogens is 238 g/mol. The summed E-state index contributed by atoms with van der Waals surface area (Å²) in [5.74, 6) is 0.928. The van der Waals surface area contributed by atoms with E-state index in [1.165, 1.54) is 0 Å². The predicted octanol–water partition coefficient (Wildman–Crippen LogP) is 3.00. The number of hydrogen-bond acceptors (Lipinski definition) is 4. The van der Waals surface area contributed by atoms with E-state index in [9.17, 15) is 0 Å². The van der Waals surface area contributed by atoms with E-state index in [1.54, 1.807) is 6.33 Å². The molecule has 100 valence electrons. The van der Waals surface area contributed by atoms with E-state index < -0.39 is 0 Å². The molecule has 2 aromatic rings. The molecular formula is C15H19N3O. The van der Waals surface area contributed by atoms with Crippen LogP contribution >= 0.6 is 0 Å². The fourth-order valence-electron chi connectivity index (χ4n) is 2.84. The Morgan fingerprint density at radius 2 is 1.84 bits per heavy atom. The van der Waals surface area contributed by atoms with Crippen molar-refractivity contribution in [2.75, 3.05) is 5.32 Å². The third-order valence-electron chi connectivity index (χ3n) is 3.58. The Morgan fingerprint density at radius 3 is 2.63 bits per heavy atom. The molecule has 19 heavy (non-hydrogen) atoms. The van der Waals surface area contributed by atoms with Gasteiger partial charge in [-0.2, -0.15) is 0 Å². The fraction of sp³-hybridized carbons (Fsp3) is 0.467. The van der Waals surface area contributed by atoms with Gasteiger partial charge in [0.25, 0.3) is 0 Å². The average molecular weight is 257 g/mol. The Kier molecular flexibility index (Phi) is 3.34. The second kappa shape index (κ2) is 5.13. The van der Waals surface area contributed by atoms with Crippen LogP contribution in [-0.2, 0) is 4.74 Å². The summed E-state index contributed by atoms with van der Waals surface area (Å²) >= 11 is 0. The molecule has 2 heterocycles. The maximum absolute atomic E-state index is 5.77. The molecule has 1 aliphatic heterocycles. The zero-order valence-electron chi connectivity index (χ0n) is 11.3. The summed E-state index contributed by atoms with van der Waals surface area (Å²) in [4.78, 5) is 8.68. The molecule has 0 aliphatic carbocycles. The largest absolute Gasteiger partial charge is 0.375 e. The van der Waals surface area contributed by atoms with Crippen molar-refractivity contribution in [1.82, 2.24) is 9.97 Å². The minimum atomic E-state index is 0.300. The summed E-state index contributed by atoms with van der Waals surface area (Å²) in [6.07, 6.45) is 4.26. The number of anilines is 1. The van der Waals surface area contributed by atoms with Crippen LogP contribution in [0.2, 0.25) is 0 Å². The standard InChI is InChI=1S/C15H19N3O/c1-10-7-12(8-11(2)19-10)18-15-13-5-3-4-6-14(13)16-9-17-15/h3-6,9-12H,7-8H2,1-2H3,(H,16,17,18). The number of rotatable bonds is 2. The van der Waals surface area contributed by atoms with Gasteiger partial charge in [-0.1, -0.05) is 12.1 Å². The van der Waals surface area contributed by atoms with E-state index in [0.29, 0.717) is 18.2 Å². The summed E-state index contributed by atoms with van der Waals surface area (Å²) in [6.45, 7) is 4.25. The molecule has 2 unspecified atom stereocenters. The maximum atomic E-state index is 5.77. The topological polar surface area (TPSA) is 47.0 Å². The lowest BCUT2D eigenvalue weighted by atomic mass is 10.00. The highest BCUT2D eigenvalue weighted by Gasteiger charge is 2.24. The average Bonchev–Trinajstić information content (AvgIpc) is 2.38. The SMILES string of the molecule is CC1CC(Nc2ncnc3ccccc23)CC(C)O1. The molecule has 3 rings (SSSR count). The van der Waals surface area contributed by atoms with E-state index in [1.807, 2.05) is 18.2 Å². The van der Waals surface area contributed by atoms with Crippen molar-refractivity contribution in [3.05, 3.63) is 30.6 Å². The van der Waals surface area contributed by atoms with E-state index >= 15 is 0 Å². The Labute approximate surface area is 113 Å². The number of nitrogens with one attached hydrogen (secondary N) is 1. The van der Waals surface area contributed by atoms with E-state index in [2.05, 4.69) is 35.2 Å². The smallest absolute Gasteiger partial charge is 0.137 e. The van der Waals surface area contributed by atoms with Crippen LogP contribution < -0.4 is 5.32 Å². The first-order valence-electron chi connectivity index (χ1n) is 6.84. The monoisotopic (exact) mass is 257 g/mol. The van der Waals surface area contributed by atoms with Gasteiger partial charge in [-0.25, -0.2) is 9.97 Å². The van der Waals surface area contributed by atoms with Crippen molar-refractivity contribution in [3.63, 3.8) is 0 Å². The quantitative estimate of drug-likeness (QED) is 0.898. The molecule has 0 saturated carbocycles. The first kappa shape index (κ1) is 12.4. The summed E-state index contributed by atoms with van der Waals surface area (Å²) < 4.78 is 5.77. The van der Waals surface area contributed by atoms with Gasteiger partial charge in [-0.05, 0) is 38.8 Å². The molecule has 0 amide bonds. The lowest BCUT2D eigenvalue weighted by Crippen LogP contribution is -2.37. The number of fused-ring (bicyclic) bond motifs is 1. The van der Waals surface area contributed by atoms with Gasteiger partial charge in [0.2, 0.25) is 0 Å². The highest BCUT2D eigenvalue weighted by atomic mass is 16.5. The first-order valence-corrected chi connectivity index (χ1v) is 6.84. The van der Waals surface area contributed by atoms with Gasteiger partial charge in [0, 0.05) is 11.4 Å². The van der Waals surface area contributed by atoms with E-state index in [0.717, 1.165) is 29.6 Å².